The highest BCUT2D eigenvalue weighted by molar-refractivity contribution is 6.42. The van der Waals surface area contributed by atoms with Gasteiger partial charge in [0.2, 0.25) is 0 Å². The summed E-state index contributed by atoms with van der Waals surface area (Å²) in [5.41, 5.74) is 1.26. The van der Waals surface area contributed by atoms with Crippen molar-refractivity contribution in [1.29, 1.82) is 0 Å². The van der Waals surface area contributed by atoms with Gasteiger partial charge in [-0.2, -0.15) is 0 Å². The normalized spacial score (nSPS) is 24.6. The van der Waals surface area contributed by atoms with Crippen LogP contribution in [0.5, 0.6) is 0 Å². The molecule has 3 heteroatoms. The number of nitrogens with one attached hydrogen (secondary N) is 1. The Hall–Kier alpha value is -0.500. The smallest absolute Gasteiger partial charge is 0.0595 e. The highest BCUT2D eigenvalue weighted by atomic mass is 35.5. The van der Waals surface area contributed by atoms with E-state index in [-0.39, 0.29) is 0 Å². The van der Waals surface area contributed by atoms with Gasteiger partial charge in [-0.1, -0.05) is 35.3 Å². The SMILES string of the molecule is C=CC1CNCC[C@@H]1Cc1ccc(Cl)c(Cl)c1. The average Bonchev–Trinajstić information content (AvgIpc) is 2.34. The topological polar surface area (TPSA) is 12.0 Å². The second-order valence-corrected chi connectivity index (χ2v) is 5.42. The molecule has 2 atom stereocenters. The Kier molecular flexibility index (Phi) is 4.49. The van der Waals surface area contributed by atoms with Crippen LogP contribution in [0, 0.1) is 11.8 Å². The first-order valence-corrected chi connectivity index (χ1v) is 6.73. The van der Waals surface area contributed by atoms with E-state index in [9.17, 15) is 0 Å². The molecular weight excluding hydrogens is 253 g/mol. The van der Waals surface area contributed by atoms with Crippen molar-refractivity contribution in [3.8, 4) is 0 Å². The Bertz CT molecular complexity index is 403. The van der Waals surface area contributed by atoms with Gasteiger partial charge >= 0.3 is 0 Å². The number of hydrogen-bond acceptors (Lipinski definition) is 1. The Morgan fingerprint density at radius 1 is 1.35 bits per heavy atom. The predicted octanol–water partition coefficient (Wildman–Crippen LogP) is 3.95. The van der Waals surface area contributed by atoms with E-state index >= 15 is 0 Å². The summed E-state index contributed by atoms with van der Waals surface area (Å²) in [5, 5.41) is 4.68. The number of halogens is 2. The predicted molar refractivity (Wildman–Crippen MR) is 74.8 cm³/mol. The van der Waals surface area contributed by atoms with Crippen molar-refractivity contribution in [3.63, 3.8) is 0 Å². The minimum atomic E-state index is 0.554. The molecule has 1 N–H and O–H groups in total. The molecule has 1 heterocycles. The molecule has 1 fully saturated rings. The van der Waals surface area contributed by atoms with E-state index in [4.69, 9.17) is 23.2 Å². The molecule has 0 radical (unpaired) electrons. The first kappa shape index (κ1) is 12.9. The molecule has 1 saturated heterocycles. The van der Waals surface area contributed by atoms with Crippen LogP contribution in [-0.4, -0.2) is 13.1 Å². The lowest BCUT2D eigenvalue weighted by Gasteiger charge is -2.30. The quantitative estimate of drug-likeness (QED) is 0.820. The van der Waals surface area contributed by atoms with Gasteiger partial charge in [0.25, 0.3) is 0 Å². The summed E-state index contributed by atoms with van der Waals surface area (Å²) in [6.45, 7) is 6.05. The van der Waals surface area contributed by atoms with Crippen LogP contribution in [0.3, 0.4) is 0 Å². The molecule has 2 rings (SSSR count). The van der Waals surface area contributed by atoms with Gasteiger partial charge in [0.15, 0.2) is 0 Å². The zero-order valence-corrected chi connectivity index (χ0v) is 11.3. The van der Waals surface area contributed by atoms with Crippen LogP contribution in [0.2, 0.25) is 10.0 Å². The Morgan fingerprint density at radius 2 is 2.18 bits per heavy atom. The summed E-state index contributed by atoms with van der Waals surface area (Å²) < 4.78 is 0. The third-order valence-corrected chi connectivity index (χ3v) is 4.20. The first-order valence-electron chi connectivity index (χ1n) is 5.98. The van der Waals surface area contributed by atoms with Crippen molar-refractivity contribution in [2.45, 2.75) is 12.8 Å². The van der Waals surface area contributed by atoms with Gasteiger partial charge in [0, 0.05) is 6.54 Å². The second-order valence-electron chi connectivity index (χ2n) is 4.61. The van der Waals surface area contributed by atoms with Crippen molar-refractivity contribution in [1.82, 2.24) is 5.32 Å². The molecule has 1 aliphatic heterocycles. The van der Waals surface area contributed by atoms with E-state index in [0.717, 1.165) is 19.5 Å². The number of rotatable bonds is 3. The van der Waals surface area contributed by atoms with Gasteiger partial charge in [-0.3, -0.25) is 0 Å². The Labute approximate surface area is 113 Å². The number of piperidine rings is 1. The molecule has 0 saturated carbocycles. The summed E-state index contributed by atoms with van der Waals surface area (Å²) >= 11 is 12.0. The molecule has 1 unspecified atom stereocenters. The maximum Gasteiger partial charge on any atom is 0.0595 e. The highest BCUT2D eigenvalue weighted by Gasteiger charge is 2.22. The van der Waals surface area contributed by atoms with Gasteiger partial charge in [-0.05, 0) is 48.9 Å². The molecule has 1 aromatic carbocycles. The van der Waals surface area contributed by atoms with Crippen molar-refractivity contribution < 1.29 is 0 Å². The lowest BCUT2D eigenvalue weighted by molar-refractivity contribution is 0.300. The maximum atomic E-state index is 6.04. The molecule has 0 spiro atoms. The van der Waals surface area contributed by atoms with Gasteiger partial charge in [0.1, 0.15) is 0 Å². The fourth-order valence-corrected chi connectivity index (χ4v) is 2.76. The molecule has 0 bridgehead atoms. The van der Waals surface area contributed by atoms with E-state index in [1.165, 1.54) is 12.0 Å². The van der Waals surface area contributed by atoms with E-state index in [2.05, 4.69) is 24.0 Å². The molecule has 92 valence electrons. The molecule has 1 aromatic rings. The minimum Gasteiger partial charge on any atom is -0.316 e. The molecule has 1 nitrogen and oxygen atoms in total. The standard InChI is InChI=1S/C14H17Cl2N/c1-2-11-9-17-6-5-12(11)7-10-3-4-13(15)14(16)8-10/h2-4,8,11-12,17H,1,5-7,9H2/t11?,12-/m1/s1. The van der Waals surface area contributed by atoms with Crippen LogP contribution in [0.4, 0.5) is 0 Å². The molecule has 0 aromatic heterocycles. The Morgan fingerprint density at radius 3 is 2.88 bits per heavy atom. The third kappa shape index (κ3) is 3.25. The van der Waals surface area contributed by atoms with Gasteiger partial charge in [-0.25, -0.2) is 0 Å². The zero-order chi connectivity index (χ0) is 12.3. The molecule has 1 aliphatic rings. The zero-order valence-electron chi connectivity index (χ0n) is 9.76. The lowest BCUT2D eigenvalue weighted by atomic mass is 9.82. The van der Waals surface area contributed by atoms with E-state index in [1.807, 2.05) is 12.1 Å². The van der Waals surface area contributed by atoms with Crippen LogP contribution in [0.25, 0.3) is 0 Å². The highest BCUT2D eigenvalue weighted by Crippen LogP contribution is 2.28. The van der Waals surface area contributed by atoms with Crippen LogP contribution in [0.15, 0.2) is 30.9 Å². The number of benzene rings is 1. The van der Waals surface area contributed by atoms with Crippen molar-refractivity contribution in [2.24, 2.45) is 11.8 Å². The summed E-state index contributed by atoms with van der Waals surface area (Å²) in [5.74, 6) is 1.21. The van der Waals surface area contributed by atoms with E-state index in [0.29, 0.717) is 21.9 Å². The molecule has 17 heavy (non-hydrogen) atoms. The largest absolute Gasteiger partial charge is 0.316 e. The average molecular weight is 270 g/mol. The van der Waals surface area contributed by atoms with E-state index < -0.39 is 0 Å². The fourth-order valence-electron chi connectivity index (χ4n) is 2.44. The first-order chi connectivity index (χ1) is 8.20. The summed E-state index contributed by atoms with van der Waals surface area (Å²) in [6.07, 6.45) is 4.31. The van der Waals surface area contributed by atoms with Crippen molar-refractivity contribution in [2.75, 3.05) is 13.1 Å². The minimum absolute atomic E-state index is 0.554. The fraction of sp³-hybridized carbons (Fsp3) is 0.429. The van der Waals surface area contributed by atoms with Crippen molar-refractivity contribution in [3.05, 3.63) is 46.5 Å². The number of hydrogen-bond donors (Lipinski definition) is 1. The van der Waals surface area contributed by atoms with Gasteiger partial charge in [0.05, 0.1) is 10.0 Å². The van der Waals surface area contributed by atoms with Crippen LogP contribution in [0.1, 0.15) is 12.0 Å². The maximum absolute atomic E-state index is 6.04. The summed E-state index contributed by atoms with van der Waals surface area (Å²) in [7, 11) is 0. The van der Waals surface area contributed by atoms with Gasteiger partial charge < -0.3 is 5.32 Å². The summed E-state index contributed by atoms with van der Waals surface area (Å²) in [4.78, 5) is 0. The van der Waals surface area contributed by atoms with Gasteiger partial charge in [-0.15, -0.1) is 6.58 Å². The molecule has 0 aliphatic carbocycles. The van der Waals surface area contributed by atoms with Crippen LogP contribution < -0.4 is 5.32 Å². The van der Waals surface area contributed by atoms with E-state index in [1.54, 1.807) is 0 Å². The van der Waals surface area contributed by atoms with Crippen LogP contribution in [-0.2, 0) is 6.42 Å². The molecular formula is C14H17Cl2N. The summed E-state index contributed by atoms with van der Waals surface area (Å²) in [6, 6.07) is 5.92. The Balaban J connectivity index is 2.08. The molecule has 0 amide bonds. The third-order valence-electron chi connectivity index (χ3n) is 3.46. The van der Waals surface area contributed by atoms with Crippen LogP contribution >= 0.6 is 23.2 Å². The van der Waals surface area contributed by atoms with Crippen molar-refractivity contribution >= 4 is 23.2 Å². The second kappa shape index (κ2) is 5.90. The monoisotopic (exact) mass is 269 g/mol. The lowest BCUT2D eigenvalue weighted by Crippen LogP contribution is -2.36.